The number of hydrogen-bond acceptors (Lipinski definition) is 4. The van der Waals surface area contributed by atoms with Gasteiger partial charge in [0.05, 0.1) is 0 Å². The molecule has 0 saturated carbocycles. The molecule has 1 heterocycles. The van der Waals surface area contributed by atoms with Crippen molar-refractivity contribution in [2.45, 2.75) is 23.4 Å². The summed E-state index contributed by atoms with van der Waals surface area (Å²) in [5, 5.41) is 3.55. The van der Waals surface area contributed by atoms with Crippen LogP contribution in [0.25, 0.3) is 0 Å². The van der Waals surface area contributed by atoms with E-state index in [1.165, 1.54) is 10.5 Å². The monoisotopic (exact) mass is 265 g/mol. The molecular formula is C14H23N3S. The van der Waals surface area contributed by atoms with E-state index in [0.717, 1.165) is 26.1 Å². The van der Waals surface area contributed by atoms with Crippen LogP contribution >= 0.6 is 11.8 Å². The van der Waals surface area contributed by atoms with Crippen LogP contribution in [-0.2, 0) is 0 Å². The number of likely N-dealkylation sites (N-methyl/N-ethyl adjacent to an activating group) is 1. The summed E-state index contributed by atoms with van der Waals surface area (Å²) >= 11 is 1.77. The summed E-state index contributed by atoms with van der Waals surface area (Å²) in [7, 11) is 2.17. The van der Waals surface area contributed by atoms with Crippen molar-refractivity contribution >= 4 is 11.8 Å². The summed E-state index contributed by atoms with van der Waals surface area (Å²) in [6.45, 7) is 3.30. The molecular weight excluding hydrogens is 242 g/mol. The van der Waals surface area contributed by atoms with Gasteiger partial charge in [0.2, 0.25) is 0 Å². The third-order valence-electron chi connectivity index (χ3n) is 3.54. The Morgan fingerprint density at radius 3 is 2.78 bits per heavy atom. The van der Waals surface area contributed by atoms with Crippen LogP contribution in [0.5, 0.6) is 0 Å². The summed E-state index contributed by atoms with van der Waals surface area (Å²) in [5.41, 5.74) is 7.54. The third-order valence-corrected chi connectivity index (χ3v) is 4.28. The predicted octanol–water partition coefficient (Wildman–Crippen LogP) is 1.70. The second-order valence-corrected chi connectivity index (χ2v) is 5.91. The van der Waals surface area contributed by atoms with Gasteiger partial charge in [0.15, 0.2) is 0 Å². The summed E-state index contributed by atoms with van der Waals surface area (Å²) in [6, 6.07) is 9.26. The first-order valence-corrected chi connectivity index (χ1v) is 7.73. The lowest BCUT2D eigenvalue weighted by atomic mass is 9.99. The molecule has 3 N–H and O–H groups in total. The van der Waals surface area contributed by atoms with E-state index in [9.17, 15) is 0 Å². The first-order valence-electron chi connectivity index (χ1n) is 6.50. The molecule has 0 bridgehead atoms. The number of thioether (sulfide) groups is 1. The predicted molar refractivity (Wildman–Crippen MR) is 79.1 cm³/mol. The Morgan fingerprint density at radius 2 is 2.17 bits per heavy atom. The molecule has 18 heavy (non-hydrogen) atoms. The molecule has 4 heteroatoms. The highest BCUT2D eigenvalue weighted by Crippen LogP contribution is 2.21. The van der Waals surface area contributed by atoms with Gasteiger partial charge in [-0.3, -0.25) is 0 Å². The van der Waals surface area contributed by atoms with Gasteiger partial charge in [0.1, 0.15) is 0 Å². The Bertz CT molecular complexity index is 366. The van der Waals surface area contributed by atoms with Gasteiger partial charge in [-0.2, -0.15) is 0 Å². The molecule has 3 nitrogen and oxygen atoms in total. The average molecular weight is 265 g/mol. The molecule has 0 aromatic heterocycles. The maximum absolute atomic E-state index is 6.30. The topological polar surface area (TPSA) is 41.3 Å². The van der Waals surface area contributed by atoms with Crippen LogP contribution in [0.1, 0.15) is 18.0 Å². The lowest BCUT2D eigenvalue weighted by molar-refractivity contribution is 0.226. The van der Waals surface area contributed by atoms with E-state index in [0.29, 0.717) is 6.04 Å². The third kappa shape index (κ3) is 3.72. The van der Waals surface area contributed by atoms with E-state index in [2.05, 4.69) is 47.8 Å². The Hall–Kier alpha value is -0.550. The highest BCUT2D eigenvalue weighted by Gasteiger charge is 2.19. The number of nitrogens with one attached hydrogen (secondary N) is 1. The van der Waals surface area contributed by atoms with Gasteiger partial charge in [0, 0.05) is 36.6 Å². The molecule has 1 aliphatic rings. The molecule has 0 aliphatic carbocycles. The first-order chi connectivity index (χ1) is 8.69. The molecule has 0 spiro atoms. The standard InChI is InChI=1S/C14H23N3S/c1-17-8-7-16-12(10-17)9-14(15)11-3-5-13(18-2)6-4-11/h3-6,12,14,16H,7-10,15H2,1-2H3. The fraction of sp³-hybridized carbons (Fsp3) is 0.571. The Balaban J connectivity index is 1.91. The Morgan fingerprint density at radius 1 is 1.44 bits per heavy atom. The van der Waals surface area contributed by atoms with Crippen molar-refractivity contribution in [1.82, 2.24) is 10.2 Å². The van der Waals surface area contributed by atoms with Gasteiger partial charge < -0.3 is 16.0 Å². The number of nitrogens with zero attached hydrogens (tertiary/aromatic N) is 1. The number of piperazine rings is 1. The molecule has 2 atom stereocenters. The fourth-order valence-electron chi connectivity index (χ4n) is 2.44. The van der Waals surface area contributed by atoms with Crippen molar-refractivity contribution in [2.24, 2.45) is 5.73 Å². The van der Waals surface area contributed by atoms with Gasteiger partial charge in [-0.25, -0.2) is 0 Å². The van der Waals surface area contributed by atoms with Gasteiger partial charge in [-0.1, -0.05) is 12.1 Å². The number of benzene rings is 1. The molecule has 100 valence electrons. The molecule has 2 unspecified atom stereocenters. The van der Waals surface area contributed by atoms with Gasteiger partial charge in [0.25, 0.3) is 0 Å². The largest absolute Gasteiger partial charge is 0.324 e. The zero-order chi connectivity index (χ0) is 13.0. The van der Waals surface area contributed by atoms with Crippen LogP contribution in [0.3, 0.4) is 0 Å². The molecule has 1 aromatic carbocycles. The smallest absolute Gasteiger partial charge is 0.0310 e. The second kappa shape index (κ2) is 6.57. The van der Waals surface area contributed by atoms with Crippen molar-refractivity contribution < 1.29 is 0 Å². The quantitative estimate of drug-likeness (QED) is 0.813. The molecule has 1 fully saturated rings. The summed E-state index contributed by atoms with van der Waals surface area (Å²) in [4.78, 5) is 3.66. The first kappa shape index (κ1) is 13.9. The van der Waals surface area contributed by atoms with Crippen LogP contribution in [-0.4, -0.2) is 43.9 Å². The van der Waals surface area contributed by atoms with Crippen molar-refractivity contribution in [2.75, 3.05) is 32.9 Å². The second-order valence-electron chi connectivity index (χ2n) is 5.03. The van der Waals surface area contributed by atoms with Crippen molar-refractivity contribution in [3.05, 3.63) is 29.8 Å². The van der Waals surface area contributed by atoms with E-state index >= 15 is 0 Å². The van der Waals surface area contributed by atoms with Crippen molar-refractivity contribution in [3.8, 4) is 0 Å². The summed E-state index contributed by atoms with van der Waals surface area (Å²) < 4.78 is 0. The van der Waals surface area contributed by atoms with Crippen molar-refractivity contribution in [1.29, 1.82) is 0 Å². The fourth-order valence-corrected chi connectivity index (χ4v) is 2.85. The minimum Gasteiger partial charge on any atom is -0.324 e. The maximum Gasteiger partial charge on any atom is 0.0310 e. The van der Waals surface area contributed by atoms with E-state index < -0.39 is 0 Å². The molecule has 1 aliphatic heterocycles. The molecule has 2 rings (SSSR count). The average Bonchev–Trinajstić information content (AvgIpc) is 2.39. The number of rotatable bonds is 4. The van der Waals surface area contributed by atoms with Gasteiger partial charge >= 0.3 is 0 Å². The van der Waals surface area contributed by atoms with E-state index in [1.54, 1.807) is 11.8 Å². The Labute approximate surface area is 114 Å². The van der Waals surface area contributed by atoms with Crippen molar-refractivity contribution in [3.63, 3.8) is 0 Å². The van der Waals surface area contributed by atoms with Crippen LogP contribution < -0.4 is 11.1 Å². The van der Waals surface area contributed by atoms with Crippen LogP contribution in [0.15, 0.2) is 29.2 Å². The van der Waals surface area contributed by atoms with Crippen LogP contribution in [0.4, 0.5) is 0 Å². The van der Waals surface area contributed by atoms with E-state index in [4.69, 9.17) is 5.73 Å². The zero-order valence-electron chi connectivity index (χ0n) is 11.2. The minimum atomic E-state index is 0.130. The molecule has 0 radical (unpaired) electrons. The Kier molecular flexibility index (Phi) is 5.06. The van der Waals surface area contributed by atoms with Gasteiger partial charge in [-0.05, 0) is 37.4 Å². The van der Waals surface area contributed by atoms with E-state index in [1.807, 2.05) is 0 Å². The van der Waals surface area contributed by atoms with E-state index in [-0.39, 0.29) is 6.04 Å². The molecule has 1 aromatic rings. The number of hydrogen-bond donors (Lipinski definition) is 2. The highest BCUT2D eigenvalue weighted by atomic mass is 32.2. The maximum atomic E-state index is 6.30. The minimum absolute atomic E-state index is 0.130. The summed E-state index contributed by atoms with van der Waals surface area (Å²) in [5.74, 6) is 0. The normalized spacial score (nSPS) is 22.9. The highest BCUT2D eigenvalue weighted by molar-refractivity contribution is 7.98. The zero-order valence-corrected chi connectivity index (χ0v) is 12.0. The number of nitrogens with two attached hydrogens (primary N) is 1. The SMILES string of the molecule is CSc1ccc(C(N)CC2CN(C)CCN2)cc1. The molecule has 1 saturated heterocycles. The van der Waals surface area contributed by atoms with Crippen LogP contribution in [0.2, 0.25) is 0 Å². The van der Waals surface area contributed by atoms with Crippen LogP contribution in [0, 0.1) is 0 Å². The molecule has 0 amide bonds. The van der Waals surface area contributed by atoms with Gasteiger partial charge in [-0.15, -0.1) is 11.8 Å². The summed E-state index contributed by atoms with van der Waals surface area (Å²) in [6.07, 6.45) is 3.10. The lowest BCUT2D eigenvalue weighted by Crippen LogP contribution is -2.49. The lowest BCUT2D eigenvalue weighted by Gasteiger charge is -2.32.